The number of benzene rings is 1. The van der Waals surface area contributed by atoms with Crippen LogP contribution >= 0.6 is 0 Å². The van der Waals surface area contributed by atoms with Crippen LogP contribution in [0.3, 0.4) is 0 Å². The van der Waals surface area contributed by atoms with Crippen LogP contribution in [-0.2, 0) is 0 Å². The number of nitrogens with zero attached hydrogens (tertiary/aromatic N) is 4. The topological polar surface area (TPSA) is 74.8 Å². The molecule has 1 amide bonds. The number of likely N-dealkylation sites (tertiary alicyclic amines) is 1. The lowest BCUT2D eigenvalue weighted by molar-refractivity contribution is 0.0706. The van der Waals surface area contributed by atoms with Gasteiger partial charge in [-0.1, -0.05) is 18.2 Å². The van der Waals surface area contributed by atoms with Gasteiger partial charge in [0.25, 0.3) is 5.91 Å². The van der Waals surface area contributed by atoms with Crippen LogP contribution in [0, 0.1) is 0 Å². The first-order valence-electron chi connectivity index (χ1n) is 8.48. The number of H-pyrrole nitrogens is 1. The summed E-state index contributed by atoms with van der Waals surface area (Å²) in [5.41, 5.74) is 2.41. The van der Waals surface area contributed by atoms with E-state index in [4.69, 9.17) is 0 Å². The van der Waals surface area contributed by atoms with Crippen LogP contribution in [0.2, 0.25) is 0 Å². The quantitative estimate of drug-likeness (QED) is 0.800. The van der Waals surface area contributed by atoms with E-state index in [1.165, 1.54) is 0 Å². The molecule has 0 aliphatic carbocycles. The van der Waals surface area contributed by atoms with Gasteiger partial charge in [0.1, 0.15) is 5.69 Å². The van der Waals surface area contributed by atoms with E-state index in [0.717, 1.165) is 42.2 Å². The second-order valence-electron chi connectivity index (χ2n) is 6.18. The normalized spacial score (nSPS) is 17.4. The van der Waals surface area contributed by atoms with Crippen LogP contribution in [0.5, 0.6) is 0 Å². The predicted octanol–water partition coefficient (Wildman–Crippen LogP) is 2.89. The molecule has 1 aromatic carbocycles. The van der Waals surface area contributed by atoms with Crippen LogP contribution in [0.1, 0.15) is 34.8 Å². The summed E-state index contributed by atoms with van der Waals surface area (Å²) in [7, 11) is 0. The summed E-state index contributed by atoms with van der Waals surface area (Å²) in [6.07, 6.45) is 8.82. The zero-order valence-corrected chi connectivity index (χ0v) is 13.8. The highest BCUT2D eigenvalue weighted by Gasteiger charge is 2.28. The molecule has 0 unspecified atom stereocenters. The Morgan fingerprint density at radius 1 is 1.08 bits per heavy atom. The van der Waals surface area contributed by atoms with Crippen molar-refractivity contribution in [3.05, 3.63) is 66.4 Å². The van der Waals surface area contributed by atoms with Gasteiger partial charge in [0.05, 0.1) is 5.69 Å². The van der Waals surface area contributed by atoms with E-state index in [2.05, 4.69) is 19.9 Å². The van der Waals surface area contributed by atoms with Gasteiger partial charge in [0.15, 0.2) is 5.82 Å². The third-order valence-electron chi connectivity index (χ3n) is 4.57. The Bertz CT molecular complexity index is 847. The number of carbonyl (C=O) groups excluding carboxylic acids is 1. The molecule has 0 bridgehead atoms. The molecule has 0 radical (unpaired) electrons. The lowest BCUT2D eigenvalue weighted by atomic mass is 9.92. The standard InChI is InChI=1S/C19H19N5O/c25-19(14-5-2-1-3-6-14)24-12-4-7-15(13-24)16-17(21-9-8-20-16)18-22-10-11-23-18/h1-3,5-6,8-11,15H,4,7,12-13H2,(H,22,23)/t15-/m0/s1. The zero-order valence-electron chi connectivity index (χ0n) is 13.8. The molecule has 6 heteroatoms. The maximum absolute atomic E-state index is 12.8. The highest BCUT2D eigenvalue weighted by atomic mass is 16.2. The molecule has 0 saturated carbocycles. The SMILES string of the molecule is O=C(c1ccccc1)N1CCC[C@H](c2nccnc2-c2ncc[nH]2)C1. The Labute approximate surface area is 146 Å². The Morgan fingerprint density at radius 2 is 1.92 bits per heavy atom. The van der Waals surface area contributed by atoms with Crippen LogP contribution in [0.15, 0.2) is 55.1 Å². The van der Waals surface area contributed by atoms with Crippen molar-refractivity contribution in [2.24, 2.45) is 0 Å². The maximum atomic E-state index is 12.8. The van der Waals surface area contributed by atoms with Gasteiger partial charge >= 0.3 is 0 Å². The monoisotopic (exact) mass is 333 g/mol. The van der Waals surface area contributed by atoms with Gasteiger partial charge in [-0.3, -0.25) is 9.78 Å². The molecule has 1 aliphatic heterocycles. The fourth-order valence-electron chi connectivity index (χ4n) is 3.37. The first-order valence-corrected chi connectivity index (χ1v) is 8.48. The van der Waals surface area contributed by atoms with Gasteiger partial charge in [-0.15, -0.1) is 0 Å². The zero-order chi connectivity index (χ0) is 17.1. The number of rotatable bonds is 3. The third kappa shape index (κ3) is 3.15. The van der Waals surface area contributed by atoms with Gasteiger partial charge in [-0.05, 0) is 25.0 Å². The van der Waals surface area contributed by atoms with E-state index in [9.17, 15) is 4.79 Å². The molecule has 1 saturated heterocycles. The molecule has 2 aromatic heterocycles. The summed E-state index contributed by atoms with van der Waals surface area (Å²) in [5, 5.41) is 0. The lowest BCUT2D eigenvalue weighted by Gasteiger charge is -2.33. The molecule has 25 heavy (non-hydrogen) atoms. The van der Waals surface area contributed by atoms with Gasteiger partial charge in [0.2, 0.25) is 0 Å². The molecule has 1 atom stereocenters. The summed E-state index contributed by atoms with van der Waals surface area (Å²) >= 11 is 0. The van der Waals surface area contributed by atoms with Gasteiger partial charge in [-0.2, -0.15) is 0 Å². The molecule has 4 rings (SSSR count). The van der Waals surface area contributed by atoms with E-state index in [0.29, 0.717) is 6.54 Å². The van der Waals surface area contributed by atoms with Crippen molar-refractivity contribution in [2.45, 2.75) is 18.8 Å². The average molecular weight is 333 g/mol. The molecular formula is C19H19N5O. The maximum Gasteiger partial charge on any atom is 0.253 e. The average Bonchev–Trinajstić information content (AvgIpc) is 3.23. The van der Waals surface area contributed by atoms with Crippen molar-refractivity contribution in [2.75, 3.05) is 13.1 Å². The van der Waals surface area contributed by atoms with Crippen molar-refractivity contribution in [1.29, 1.82) is 0 Å². The summed E-state index contributed by atoms with van der Waals surface area (Å²) in [6, 6.07) is 9.44. The number of aromatic nitrogens is 4. The Kier molecular flexibility index (Phi) is 4.24. The summed E-state index contributed by atoms with van der Waals surface area (Å²) in [6.45, 7) is 1.43. The van der Waals surface area contributed by atoms with E-state index in [1.54, 1.807) is 24.8 Å². The second kappa shape index (κ2) is 6.84. The van der Waals surface area contributed by atoms with Crippen LogP contribution in [0.4, 0.5) is 0 Å². The van der Waals surface area contributed by atoms with Crippen molar-refractivity contribution >= 4 is 5.91 Å². The molecular weight excluding hydrogens is 314 g/mol. The largest absolute Gasteiger partial charge is 0.343 e. The number of amides is 1. The molecule has 1 N–H and O–H groups in total. The van der Waals surface area contributed by atoms with Crippen molar-refractivity contribution in [3.8, 4) is 11.5 Å². The molecule has 6 nitrogen and oxygen atoms in total. The van der Waals surface area contributed by atoms with E-state index in [-0.39, 0.29) is 11.8 Å². The smallest absolute Gasteiger partial charge is 0.253 e. The lowest BCUT2D eigenvalue weighted by Crippen LogP contribution is -2.39. The highest BCUT2D eigenvalue weighted by Crippen LogP contribution is 2.31. The van der Waals surface area contributed by atoms with Gasteiger partial charge in [0, 0.05) is 49.4 Å². The molecule has 1 aliphatic rings. The van der Waals surface area contributed by atoms with Gasteiger partial charge in [-0.25, -0.2) is 9.97 Å². The second-order valence-corrected chi connectivity index (χ2v) is 6.18. The number of hydrogen-bond donors (Lipinski definition) is 1. The first-order chi connectivity index (χ1) is 12.3. The predicted molar refractivity (Wildman–Crippen MR) is 93.9 cm³/mol. The molecule has 3 heterocycles. The minimum Gasteiger partial charge on any atom is -0.343 e. The van der Waals surface area contributed by atoms with Crippen molar-refractivity contribution < 1.29 is 4.79 Å². The summed E-state index contributed by atoms with van der Waals surface area (Å²) < 4.78 is 0. The Balaban J connectivity index is 1.59. The minimum atomic E-state index is 0.0775. The minimum absolute atomic E-state index is 0.0775. The Morgan fingerprint density at radius 3 is 2.72 bits per heavy atom. The first kappa shape index (κ1) is 15.5. The molecule has 1 fully saturated rings. The van der Waals surface area contributed by atoms with Crippen molar-refractivity contribution in [1.82, 2.24) is 24.8 Å². The highest BCUT2D eigenvalue weighted by molar-refractivity contribution is 5.94. The van der Waals surface area contributed by atoms with E-state index in [1.807, 2.05) is 35.2 Å². The number of piperidine rings is 1. The fourth-order valence-corrected chi connectivity index (χ4v) is 3.37. The van der Waals surface area contributed by atoms with Crippen LogP contribution in [-0.4, -0.2) is 43.8 Å². The van der Waals surface area contributed by atoms with E-state index >= 15 is 0 Å². The van der Waals surface area contributed by atoms with E-state index < -0.39 is 0 Å². The number of carbonyl (C=O) groups is 1. The van der Waals surface area contributed by atoms with Crippen molar-refractivity contribution in [3.63, 3.8) is 0 Å². The molecule has 3 aromatic rings. The molecule has 126 valence electrons. The summed E-state index contributed by atoms with van der Waals surface area (Å²) in [4.78, 5) is 31.1. The fraction of sp³-hybridized carbons (Fsp3) is 0.263. The molecule has 0 spiro atoms. The number of aromatic amines is 1. The summed E-state index contributed by atoms with van der Waals surface area (Å²) in [5.74, 6) is 0.957. The number of imidazole rings is 1. The number of hydrogen-bond acceptors (Lipinski definition) is 4. The van der Waals surface area contributed by atoms with Crippen LogP contribution < -0.4 is 0 Å². The Hall–Kier alpha value is -3.02. The third-order valence-corrected chi connectivity index (χ3v) is 4.57. The van der Waals surface area contributed by atoms with Gasteiger partial charge < -0.3 is 9.88 Å². The number of nitrogens with one attached hydrogen (secondary N) is 1. The van der Waals surface area contributed by atoms with Crippen LogP contribution in [0.25, 0.3) is 11.5 Å².